The summed E-state index contributed by atoms with van der Waals surface area (Å²) in [6, 6.07) is 14.9. The molecule has 0 saturated heterocycles. The van der Waals surface area contributed by atoms with Gasteiger partial charge in [-0.2, -0.15) is 0 Å². The molecule has 3 rings (SSSR count). The maximum atomic E-state index is 11.9. The van der Waals surface area contributed by atoms with E-state index in [1.807, 2.05) is 48.5 Å². The van der Waals surface area contributed by atoms with Crippen molar-refractivity contribution in [1.82, 2.24) is 5.32 Å². The summed E-state index contributed by atoms with van der Waals surface area (Å²) in [6.07, 6.45) is 4.67. The number of nitrogens with two attached hydrogens (primary N) is 2. The fourth-order valence-corrected chi connectivity index (χ4v) is 2.74. The standard InChI is InChI=1S/C21H20N4O2.2ClH/c22-19(26)10-5-14-1-3-15(4-2-14)13-18(20(23)27)16-6-8-17(9-7-16)21-24-11-12-25-21;;/h1-10,13H,11-12H2,(H2,22,26)(H2,23,27)(H,24,25);2*1H. The van der Waals surface area contributed by atoms with E-state index < -0.39 is 11.8 Å². The van der Waals surface area contributed by atoms with Crippen LogP contribution in [0.3, 0.4) is 0 Å². The molecule has 0 fully saturated rings. The van der Waals surface area contributed by atoms with Gasteiger partial charge in [0.05, 0.1) is 6.54 Å². The Morgan fingerprint density at radius 3 is 2.07 bits per heavy atom. The molecule has 29 heavy (non-hydrogen) atoms. The Labute approximate surface area is 181 Å². The second-order valence-corrected chi connectivity index (χ2v) is 6.06. The fraction of sp³-hybridized carbons (Fsp3) is 0.0952. The molecule has 0 spiro atoms. The molecule has 0 atom stereocenters. The molecular weight excluding hydrogens is 411 g/mol. The average Bonchev–Trinajstić information content (AvgIpc) is 3.20. The SMILES string of the molecule is Cl.Cl.NC(=O)C=Cc1ccc(C=C(C(N)=O)c2ccc(C3=NCCN3)cc2)cc1. The molecule has 0 bridgehead atoms. The molecule has 1 aliphatic heterocycles. The van der Waals surface area contributed by atoms with E-state index in [0.717, 1.165) is 41.2 Å². The van der Waals surface area contributed by atoms with Gasteiger partial charge >= 0.3 is 0 Å². The molecule has 5 N–H and O–H groups in total. The number of nitrogens with one attached hydrogen (secondary N) is 1. The van der Waals surface area contributed by atoms with Gasteiger partial charge in [0.2, 0.25) is 11.8 Å². The van der Waals surface area contributed by atoms with E-state index in [-0.39, 0.29) is 24.8 Å². The number of rotatable bonds is 6. The Kier molecular flexibility index (Phi) is 9.12. The maximum absolute atomic E-state index is 11.9. The van der Waals surface area contributed by atoms with Crippen molar-refractivity contribution < 1.29 is 9.59 Å². The molecule has 0 unspecified atom stereocenters. The average molecular weight is 433 g/mol. The first-order valence-corrected chi connectivity index (χ1v) is 8.51. The lowest BCUT2D eigenvalue weighted by atomic mass is 10.00. The third kappa shape index (κ3) is 6.48. The minimum Gasteiger partial charge on any atom is -0.368 e. The van der Waals surface area contributed by atoms with E-state index in [1.54, 1.807) is 12.2 Å². The number of primary amides is 2. The van der Waals surface area contributed by atoms with Gasteiger partial charge in [-0.05, 0) is 28.8 Å². The molecule has 2 aromatic carbocycles. The first kappa shape index (κ1) is 23.9. The van der Waals surface area contributed by atoms with Crippen molar-refractivity contribution in [3.63, 3.8) is 0 Å². The second-order valence-electron chi connectivity index (χ2n) is 6.06. The van der Waals surface area contributed by atoms with Crippen molar-refractivity contribution >= 4 is 60.2 Å². The van der Waals surface area contributed by atoms with Crippen molar-refractivity contribution in [1.29, 1.82) is 0 Å². The number of carbonyl (C=O) groups is 2. The Bertz CT molecular complexity index is 950. The number of halogens is 2. The van der Waals surface area contributed by atoms with Gasteiger partial charge in [0.25, 0.3) is 0 Å². The smallest absolute Gasteiger partial charge is 0.249 e. The number of hydrogen-bond acceptors (Lipinski definition) is 4. The second kappa shape index (κ2) is 11.0. The van der Waals surface area contributed by atoms with Crippen molar-refractivity contribution in [2.24, 2.45) is 16.5 Å². The van der Waals surface area contributed by atoms with Gasteiger partial charge in [-0.3, -0.25) is 14.6 Å². The van der Waals surface area contributed by atoms with Crippen LogP contribution in [0.1, 0.15) is 22.3 Å². The zero-order valence-electron chi connectivity index (χ0n) is 15.5. The molecule has 1 heterocycles. The van der Waals surface area contributed by atoms with Gasteiger partial charge in [-0.25, -0.2) is 0 Å². The van der Waals surface area contributed by atoms with Crippen LogP contribution in [0.2, 0.25) is 0 Å². The minimum atomic E-state index is -0.503. The summed E-state index contributed by atoms with van der Waals surface area (Å²) in [7, 11) is 0. The summed E-state index contributed by atoms with van der Waals surface area (Å²) >= 11 is 0. The molecular formula is C21H22Cl2N4O2. The zero-order valence-corrected chi connectivity index (χ0v) is 17.1. The molecule has 0 radical (unpaired) electrons. The van der Waals surface area contributed by atoms with E-state index >= 15 is 0 Å². The van der Waals surface area contributed by atoms with Crippen LogP contribution in [0.5, 0.6) is 0 Å². The molecule has 0 aromatic heterocycles. The van der Waals surface area contributed by atoms with Crippen LogP contribution in [-0.2, 0) is 9.59 Å². The van der Waals surface area contributed by atoms with Crippen molar-refractivity contribution in [3.8, 4) is 0 Å². The number of carbonyl (C=O) groups excluding carboxylic acids is 2. The Balaban J connectivity index is 0.00000210. The maximum Gasteiger partial charge on any atom is 0.249 e. The van der Waals surface area contributed by atoms with Gasteiger partial charge in [-0.15, -0.1) is 24.8 Å². The highest BCUT2D eigenvalue weighted by Gasteiger charge is 2.11. The van der Waals surface area contributed by atoms with Crippen LogP contribution in [0.15, 0.2) is 59.6 Å². The number of amides is 2. The summed E-state index contributed by atoms with van der Waals surface area (Å²) in [5.41, 5.74) is 14.5. The summed E-state index contributed by atoms with van der Waals surface area (Å²) in [4.78, 5) is 27.1. The highest BCUT2D eigenvalue weighted by molar-refractivity contribution is 6.23. The first-order chi connectivity index (χ1) is 13.0. The lowest BCUT2D eigenvalue weighted by Gasteiger charge is -2.07. The molecule has 2 amide bonds. The fourth-order valence-electron chi connectivity index (χ4n) is 2.74. The number of aliphatic imine (C=N–C) groups is 1. The Morgan fingerprint density at radius 1 is 0.931 bits per heavy atom. The quantitative estimate of drug-likeness (QED) is 0.481. The molecule has 152 valence electrons. The van der Waals surface area contributed by atoms with Gasteiger partial charge in [0, 0.05) is 23.8 Å². The number of benzene rings is 2. The minimum absolute atomic E-state index is 0. The van der Waals surface area contributed by atoms with Gasteiger partial charge in [-0.1, -0.05) is 48.5 Å². The lowest BCUT2D eigenvalue weighted by molar-refractivity contribution is -0.114. The van der Waals surface area contributed by atoms with Crippen LogP contribution < -0.4 is 16.8 Å². The molecule has 8 heteroatoms. The first-order valence-electron chi connectivity index (χ1n) is 8.51. The van der Waals surface area contributed by atoms with E-state index in [9.17, 15) is 9.59 Å². The third-order valence-corrected chi connectivity index (χ3v) is 4.10. The van der Waals surface area contributed by atoms with Crippen LogP contribution in [0, 0.1) is 0 Å². The predicted octanol–water partition coefficient (Wildman–Crippen LogP) is 2.40. The highest BCUT2D eigenvalue weighted by atomic mass is 35.5. The molecule has 2 aromatic rings. The van der Waals surface area contributed by atoms with Crippen LogP contribution in [0.25, 0.3) is 17.7 Å². The van der Waals surface area contributed by atoms with Gasteiger partial charge < -0.3 is 16.8 Å². The van der Waals surface area contributed by atoms with Crippen molar-refractivity contribution in [3.05, 3.63) is 76.9 Å². The molecule has 0 saturated carbocycles. The molecule has 0 aliphatic carbocycles. The van der Waals surface area contributed by atoms with Gasteiger partial charge in [0.15, 0.2) is 0 Å². The third-order valence-electron chi connectivity index (χ3n) is 4.10. The summed E-state index contributed by atoms with van der Waals surface area (Å²) < 4.78 is 0. The number of amidine groups is 1. The lowest BCUT2D eigenvalue weighted by Crippen LogP contribution is -2.19. The monoisotopic (exact) mass is 432 g/mol. The summed E-state index contributed by atoms with van der Waals surface area (Å²) in [5.74, 6) is -0.139. The molecule has 6 nitrogen and oxygen atoms in total. The number of nitrogens with zero attached hydrogens (tertiary/aromatic N) is 1. The highest BCUT2D eigenvalue weighted by Crippen LogP contribution is 2.20. The summed E-state index contributed by atoms with van der Waals surface area (Å²) in [6.45, 7) is 1.61. The van der Waals surface area contributed by atoms with E-state index in [0.29, 0.717) is 5.57 Å². The van der Waals surface area contributed by atoms with E-state index in [1.165, 1.54) is 6.08 Å². The van der Waals surface area contributed by atoms with Crippen LogP contribution in [0.4, 0.5) is 0 Å². The van der Waals surface area contributed by atoms with Gasteiger partial charge in [0.1, 0.15) is 5.84 Å². The predicted molar refractivity (Wildman–Crippen MR) is 122 cm³/mol. The molecule has 1 aliphatic rings. The normalized spacial score (nSPS) is 13.1. The largest absolute Gasteiger partial charge is 0.368 e. The Hall–Kier alpha value is -3.09. The van der Waals surface area contributed by atoms with Crippen molar-refractivity contribution in [2.45, 2.75) is 0 Å². The van der Waals surface area contributed by atoms with E-state index in [2.05, 4.69) is 10.3 Å². The van der Waals surface area contributed by atoms with E-state index in [4.69, 9.17) is 11.5 Å². The topological polar surface area (TPSA) is 111 Å². The Morgan fingerprint density at radius 2 is 1.55 bits per heavy atom. The van der Waals surface area contributed by atoms with Crippen LogP contribution in [-0.4, -0.2) is 30.7 Å². The summed E-state index contributed by atoms with van der Waals surface area (Å²) in [5, 5.41) is 3.22. The zero-order chi connectivity index (χ0) is 19.2. The van der Waals surface area contributed by atoms with Crippen LogP contribution >= 0.6 is 24.8 Å². The number of hydrogen-bond donors (Lipinski definition) is 3. The van der Waals surface area contributed by atoms with Crippen molar-refractivity contribution in [2.75, 3.05) is 13.1 Å².